The first-order valence-electron chi connectivity index (χ1n) is 10.5. The Labute approximate surface area is 218 Å². The van der Waals surface area contributed by atoms with Crippen LogP contribution in [-0.4, -0.2) is 44.2 Å². The number of hydrogen-bond acceptors (Lipinski definition) is 7. The molecule has 3 aromatic carbocycles. The maximum Gasteiger partial charge on any atom is 0.327 e. The second-order valence-corrected chi connectivity index (χ2v) is 10.1. The molecule has 0 aliphatic heterocycles. The van der Waals surface area contributed by atoms with Crippen LogP contribution in [0, 0.1) is 0 Å². The molecule has 190 valence electrons. The van der Waals surface area contributed by atoms with Gasteiger partial charge in [-0.25, -0.2) is 8.42 Å². The first-order valence-corrected chi connectivity index (χ1v) is 12.7. The fourth-order valence-electron chi connectivity index (χ4n) is 2.91. The standard InChI is InChI=1S/C24H22Cl2N2O7S/c1-15(29)23(28-36(32,33)19-10-7-16(25)8-11-19)24(31)34-14-22(30)27-20-13-17(26)9-12-21(20)35-18-5-3-2-4-6-18/h2-13,15,23,28-29H,14H2,1H3,(H,27,30)/t15-,23+/m0/s1. The summed E-state index contributed by atoms with van der Waals surface area (Å²) in [6.07, 6.45) is -1.46. The summed E-state index contributed by atoms with van der Waals surface area (Å²) in [4.78, 5) is 24.8. The van der Waals surface area contributed by atoms with Crippen molar-refractivity contribution in [3.63, 3.8) is 0 Å². The van der Waals surface area contributed by atoms with E-state index in [0.29, 0.717) is 21.5 Å². The van der Waals surface area contributed by atoms with E-state index in [-0.39, 0.29) is 10.6 Å². The molecule has 3 aromatic rings. The highest BCUT2D eigenvalue weighted by atomic mass is 35.5. The third-order valence-corrected chi connectivity index (χ3v) is 6.62. The number of aliphatic hydroxyl groups is 1. The predicted molar refractivity (Wildman–Crippen MR) is 135 cm³/mol. The number of esters is 1. The predicted octanol–water partition coefficient (Wildman–Crippen LogP) is 4.00. The molecule has 3 rings (SSSR count). The number of aliphatic hydroxyl groups excluding tert-OH is 1. The van der Waals surface area contributed by atoms with E-state index in [1.54, 1.807) is 36.4 Å². The Hall–Kier alpha value is -3.15. The van der Waals surface area contributed by atoms with Gasteiger partial charge in [-0.15, -0.1) is 0 Å². The van der Waals surface area contributed by atoms with Crippen molar-refractivity contribution < 1.29 is 32.6 Å². The van der Waals surface area contributed by atoms with Gasteiger partial charge in [0.25, 0.3) is 5.91 Å². The minimum Gasteiger partial charge on any atom is -0.455 e. The summed E-state index contributed by atoms with van der Waals surface area (Å²) in [5.41, 5.74) is 0.225. The lowest BCUT2D eigenvalue weighted by Gasteiger charge is -2.20. The number of ether oxygens (including phenoxy) is 2. The molecule has 0 heterocycles. The molecule has 0 bridgehead atoms. The zero-order valence-corrected chi connectivity index (χ0v) is 21.2. The number of halogens is 2. The van der Waals surface area contributed by atoms with Crippen molar-refractivity contribution in [2.24, 2.45) is 0 Å². The van der Waals surface area contributed by atoms with Crippen LogP contribution in [0.2, 0.25) is 10.0 Å². The van der Waals surface area contributed by atoms with Gasteiger partial charge in [0, 0.05) is 10.0 Å². The summed E-state index contributed by atoms with van der Waals surface area (Å²) >= 11 is 11.8. The lowest BCUT2D eigenvalue weighted by molar-refractivity contribution is -0.151. The molecule has 0 aromatic heterocycles. The van der Waals surface area contributed by atoms with Crippen molar-refractivity contribution in [2.75, 3.05) is 11.9 Å². The summed E-state index contributed by atoms with van der Waals surface area (Å²) in [5.74, 6) is -1.07. The van der Waals surface area contributed by atoms with E-state index >= 15 is 0 Å². The van der Waals surface area contributed by atoms with E-state index in [9.17, 15) is 23.1 Å². The molecule has 12 heteroatoms. The fourth-order valence-corrected chi connectivity index (χ4v) is 4.47. The third kappa shape index (κ3) is 7.67. The highest BCUT2D eigenvalue weighted by molar-refractivity contribution is 7.89. The maximum absolute atomic E-state index is 12.6. The van der Waals surface area contributed by atoms with E-state index in [2.05, 4.69) is 10.0 Å². The molecule has 1 amide bonds. The van der Waals surface area contributed by atoms with Crippen molar-refractivity contribution in [1.82, 2.24) is 4.72 Å². The molecule has 0 aliphatic rings. The van der Waals surface area contributed by atoms with Crippen LogP contribution in [0.25, 0.3) is 0 Å². The van der Waals surface area contributed by atoms with Gasteiger partial charge in [-0.2, -0.15) is 4.72 Å². The topological polar surface area (TPSA) is 131 Å². The van der Waals surface area contributed by atoms with Crippen molar-refractivity contribution in [3.8, 4) is 11.5 Å². The number of para-hydroxylation sites is 1. The van der Waals surface area contributed by atoms with Crippen molar-refractivity contribution >= 4 is 50.8 Å². The van der Waals surface area contributed by atoms with E-state index in [0.717, 1.165) is 0 Å². The Morgan fingerprint density at radius 1 is 0.972 bits per heavy atom. The van der Waals surface area contributed by atoms with Gasteiger partial charge in [-0.05, 0) is 61.5 Å². The lowest BCUT2D eigenvalue weighted by atomic mass is 10.2. The molecule has 0 aliphatic carbocycles. The molecule has 3 N–H and O–H groups in total. The molecule has 0 unspecified atom stereocenters. The first-order chi connectivity index (χ1) is 17.0. The van der Waals surface area contributed by atoms with Crippen LogP contribution in [0.15, 0.2) is 77.7 Å². The summed E-state index contributed by atoms with van der Waals surface area (Å²) < 4.78 is 38.0. The van der Waals surface area contributed by atoms with Gasteiger partial charge in [0.1, 0.15) is 11.8 Å². The Morgan fingerprint density at radius 2 is 1.61 bits per heavy atom. The maximum atomic E-state index is 12.6. The lowest BCUT2D eigenvalue weighted by Crippen LogP contribution is -2.48. The van der Waals surface area contributed by atoms with Crippen LogP contribution in [-0.2, 0) is 24.3 Å². The van der Waals surface area contributed by atoms with E-state index in [1.807, 2.05) is 6.07 Å². The number of rotatable bonds is 10. The largest absolute Gasteiger partial charge is 0.455 e. The number of nitrogens with one attached hydrogen (secondary N) is 2. The minimum absolute atomic E-state index is 0.171. The monoisotopic (exact) mass is 552 g/mol. The first kappa shape index (κ1) is 27.4. The number of anilines is 1. The normalized spacial score (nSPS) is 12.9. The number of carbonyl (C=O) groups excluding carboxylic acids is 2. The van der Waals surface area contributed by atoms with E-state index in [4.69, 9.17) is 32.7 Å². The third-order valence-electron chi connectivity index (χ3n) is 4.67. The van der Waals surface area contributed by atoms with Gasteiger partial charge in [-0.1, -0.05) is 41.4 Å². The second kappa shape index (κ2) is 12.2. The Kier molecular flexibility index (Phi) is 9.30. The number of carbonyl (C=O) groups is 2. The summed E-state index contributed by atoms with van der Waals surface area (Å²) in [6, 6.07) is 17.0. The number of benzene rings is 3. The molecule has 36 heavy (non-hydrogen) atoms. The average Bonchev–Trinajstić information content (AvgIpc) is 2.83. The SMILES string of the molecule is C[C@H](O)[C@@H](NS(=O)(=O)c1ccc(Cl)cc1)C(=O)OCC(=O)Nc1cc(Cl)ccc1Oc1ccccc1. The van der Waals surface area contributed by atoms with Crippen LogP contribution < -0.4 is 14.8 Å². The molecule has 0 radical (unpaired) electrons. The van der Waals surface area contributed by atoms with Crippen LogP contribution in [0.5, 0.6) is 11.5 Å². The molecule has 0 saturated carbocycles. The van der Waals surface area contributed by atoms with E-state index < -0.39 is 40.7 Å². The van der Waals surface area contributed by atoms with Gasteiger partial charge in [0.2, 0.25) is 10.0 Å². The molecular formula is C24H22Cl2N2O7S. The Bertz CT molecular complexity index is 1320. The number of amides is 1. The van der Waals surface area contributed by atoms with Gasteiger partial charge < -0.3 is 19.9 Å². The fraction of sp³-hybridized carbons (Fsp3) is 0.167. The molecular weight excluding hydrogens is 531 g/mol. The summed E-state index contributed by atoms with van der Waals surface area (Å²) in [6.45, 7) is 0.442. The van der Waals surface area contributed by atoms with Crippen molar-refractivity contribution in [3.05, 3.63) is 82.8 Å². The zero-order chi connectivity index (χ0) is 26.3. The van der Waals surface area contributed by atoms with Gasteiger partial charge in [-0.3, -0.25) is 9.59 Å². The highest BCUT2D eigenvalue weighted by Gasteiger charge is 2.31. The second-order valence-electron chi connectivity index (χ2n) is 7.50. The molecule has 0 fully saturated rings. The quantitative estimate of drug-likeness (QED) is 0.324. The Balaban J connectivity index is 1.64. The number of hydrogen-bond donors (Lipinski definition) is 3. The molecule has 0 spiro atoms. The number of sulfonamides is 1. The minimum atomic E-state index is -4.19. The van der Waals surface area contributed by atoms with Gasteiger partial charge in [0.05, 0.1) is 16.7 Å². The molecule has 0 saturated heterocycles. The molecule has 2 atom stereocenters. The van der Waals surface area contributed by atoms with Crippen molar-refractivity contribution in [2.45, 2.75) is 24.0 Å². The van der Waals surface area contributed by atoms with Crippen LogP contribution in [0.4, 0.5) is 5.69 Å². The van der Waals surface area contributed by atoms with E-state index in [1.165, 1.54) is 37.3 Å². The van der Waals surface area contributed by atoms with Gasteiger partial charge in [0.15, 0.2) is 12.4 Å². The highest BCUT2D eigenvalue weighted by Crippen LogP contribution is 2.32. The summed E-state index contributed by atoms with van der Waals surface area (Å²) in [7, 11) is -4.19. The zero-order valence-electron chi connectivity index (χ0n) is 18.9. The smallest absolute Gasteiger partial charge is 0.327 e. The molecule has 9 nitrogen and oxygen atoms in total. The van der Waals surface area contributed by atoms with Crippen LogP contribution in [0.1, 0.15) is 6.92 Å². The average molecular weight is 553 g/mol. The summed E-state index contributed by atoms with van der Waals surface area (Å²) in [5, 5.41) is 13.1. The van der Waals surface area contributed by atoms with Crippen LogP contribution in [0.3, 0.4) is 0 Å². The Morgan fingerprint density at radius 3 is 2.25 bits per heavy atom. The van der Waals surface area contributed by atoms with Gasteiger partial charge >= 0.3 is 5.97 Å². The van der Waals surface area contributed by atoms with Crippen LogP contribution >= 0.6 is 23.2 Å². The van der Waals surface area contributed by atoms with Crippen molar-refractivity contribution in [1.29, 1.82) is 0 Å².